The number of amides is 1. The van der Waals surface area contributed by atoms with E-state index in [1.807, 2.05) is 59.5 Å². The molecule has 32 heavy (non-hydrogen) atoms. The molecular weight excluding hydrogens is 404 g/mol. The van der Waals surface area contributed by atoms with E-state index in [2.05, 4.69) is 9.97 Å². The van der Waals surface area contributed by atoms with Crippen LogP contribution in [0.4, 0.5) is 5.95 Å². The number of nitrogen functional groups attached to an aromatic ring is 1. The molecule has 0 spiro atoms. The number of methoxy groups -OCH3 is 1. The second-order valence-electron chi connectivity index (χ2n) is 7.77. The molecule has 0 aliphatic carbocycles. The van der Waals surface area contributed by atoms with Gasteiger partial charge in [0.1, 0.15) is 11.5 Å². The van der Waals surface area contributed by atoms with Crippen LogP contribution in [0.2, 0.25) is 0 Å². The average Bonchev–Trinajstić information content (AvgIpc) is 2.84. The number of nitrogens with two attached hydrogens (primary N) is 1. The van der Waals surface area contributed by atoms with Gasteiger partial charge in [-0.1, -0.05) is 30.3 Å². The van der Waals surface area contributed by atoms with Crippen LogP contribution in [0.3, 0.4) is 0 Å². The third-order valence-electron chi connectivity index (χ3n) is 5.68. The SMILES string of the molecule is COc1cccc(-c2cnc(N)nc2[C@@H]2CCCCN2C(=O)CCOc2ccccc2)c1. The van der Waals surface area contributed by atoms with Crippen molar-refractivity contribution in [2.75, 3.05) is 26.0 Å². The molecule has 2 heterocycles. The van der Waals surface area contributed by atoms with Crippen molar-refractivity contribution in [2.45, 2.75) is 31.7 Å². The van der Waals surface area contributed by atoms with Crippen LogP contribution in [-0.4, -0.2) is 41.0 Å². The van der Waals surface area contributed by atoms with Gasteiger partial charge < -0.3 is 20.1 Å². The molecule has 1 atom stereocenters. The fraction of sp³-hybridized carbons (Fsp3) is 0.320. The quantitative estimate of drug-likeness (QED) is 0.600. The molecule has 1 aliphatic rings. The Labute approximate surface area is 188 Å². The van der Waals surface area contributed by atoms with Gasteiger partial charge in [0.05, 0.1) is 31.9 Å². The van der Waals surface area contributed by atoms with Crippen LogP contribution in [0.5, 0.6) is 11.5 Å². The molecule has 1 aliphatic heterocycles. The lowest BCUT2D eigenvalue weighted by Gasteiger charge is -2.36. The molecule has 4 rings (SSSR count). The van der Waals surface area contributed by atoms with E-state index in [0.717, 1.165) is 47.6 Å². The molecule has 0 bridgehead atoms. The third kappa shape index (κ3) is 4.99. The van der Waals surface area contributed by atoms with Gasteiger partial charge in [-0.05, 0) is 49.1 Å². The van der Waals surface area contributed by atoms with Gasteiger partial charge in [0, 0.05) is 18.3 Å². The number of benzene rings is 2. The zero-order valence-corrected chi connectivity index (χ0v) is 18.2. The van der Waals surface area contributed by atoms with E-state index in [4.69, 9.17) is 15.2 Å². The molecule has 7 nitrogen and oxygen atoms in total. The first-order valence-electron chi connectivity index (χ1n) is 10.9. The van der Waals surface area contributed by atoms with Gasteiger partial charge in [0.2, 0.25) is 11.9 Å². The van der Waals surface area contributed by atoms with Gasteiger partial charge >= 0.3 is 0 Å². The Bertz CT molecular complexity index is 1060. The van der Waals surface area contributed by atoms with Gasteiger partial charge in [-0.3, -0.25) is 4.79 Å². The van der Waals surface area contributed by atoms with Crippen LogP contribution in [0, 0.1) is 0 Å². The Morgan fingerprint density at radius 1 is 1.12 bits per heavy atom. The lowest BCUT2D eigenvalue weighted by atomic mass is 9.93. The monoisotopic (exact) mass is 432 g/mol. The maximum atomic E-state index is 13.2. The maximum absolute atomic E-state index is 13.2. The summed E-state index contributed by atoms with van der Waals surface area (Å²) in [6.07, 6.45) is 4.87. The van der Waals surface area contributed by atoms with Gasteiger partial charge in [0.25, 0.3) is 0 Å². The summed E-state index contributed by atoms with van der Waals surface area (Å²) >= 11 is 0. The van der Waals surface area contributed by atoms with Crippen molar-refractivity contribution in [1.29, 1.82) is 0 Å². The number of para-hydroxylation sites is 1. The molecule has 1 saturated heterocycles. The largest absolute Gasteiger partial charge is 0.497 e. The minimum atomic E-state index is -0.153. The number of carbonyl (C=O) groups is 1. The predicted molar refractivity (Wildman–Crippen MR) is 123 cm³/mol. The van der Waals surface area contributed by atoms with Gasteiger partial charge in [0.15, 0.2) is 0 Å². The Morgan fingerprint density at radius 2 is 1.94 bits per heavy atom. The molecule has 1 amide bonds. The number of piperidine rings is 1. The molecule has 0 saturated carbocycles. The van der Waals surface area contributed by atoms with Crippen molar-refractivity contribution in [3.8, 4) is 22.6 Å². The minimum absolute atomic E-state index is 0.0550. The van der Waals surface area contributed by atoms with Crippen molar-refractivity contribution < 1.29 is 14.3 Å². The highest BCUT2D eigenvalue weighted by Gasteiger charge is 2.31. The number of hydrogen-bond donors (Lipinski definition) is 1. The van der Waals surface area contributed by atoms with Crippen molar-refractivity contribution in [2.24, 2.45) is 0 Å². The zero-order chi connectivity index (χ0) is 22.3. The van der Waals surface area contributed by atoms with Gasteiger partial charge in [-0.25, -0.2) is 9.97 Å². The first-order valence-corrected chi connectivity index (χ1v) is 10.9. The molecule has 1 aromatic heterocycles. The molecule has 0 radical (unpaired) electrons. The number of ether oxygens (including phenoxy) is 2. The highest BCUT2D eigenvalue weighted by molar-refractivity contribution is 5.78. The number of rotatable bonds is 7. The van der Waals surface area contributed by atoms with Crippen LogP contribution in [-0.2, 0) is 4.79 Å². The lowest BCUT2D eigenvalue weighted by Crippen LogP contribution is -2.39. The van der Waals surface area contributed by atoms with Crippen LogP contribution in [0.15, 0.2) is 60.8 Å². The summed E-state index contributed by atoms with van der Waals surface area (Å²) in [5.74, 6) is 1.77. The van der Waals surface area contributed by atoms with E-state index in [1.165, 1.54) is 0 Å². The second kappa shape index (κ2) is 10.1. The van der Waals surface area contributed by atoms with E-state index in [0.29, 0.717) is 19.6 Å². The summed E-state index contributed by atoms with van der Waals surface area (Å²) in [5.41, 5.74) is 8.54. The standard InChI is InChI=1S/C25H28N4O3/c1-31-20-11-7-8-18(16-20)21-17-27-25(26)28-24(21)22-12-5-6-14-29(22)23(30)13-15-32-19-9-3-2-4-10-19/h2-4,7-11,16-17,22H,5-6,12-15H2,1H3,(H2,26,27,28)/t22-/m0/s1. The number of hydrogen-bond acceptors (Lipinski definition) is 6. The summed E-state index contributed by atoms with van der Waals surface area (Å²) in [6, 6.07) is 17.1. The number of aromatic nitrogens is 2. The third-order valence-corrected chi connectivity index (χ3v) is 5.68. The van der Waals surface area contributed by atoms with Crippen LogP contribution >= 0.6 is 0 Å². The van der Waals surface area contributed by atoms with Gasteiger partial charge in [-0.15, -0.1) is 0 Å². The highest BCUT2D eigenvalue weighted by atomic mass is 16.5. The van der Waals surface area contributed by atoms with Gasteiger partial charge in [-0.2, -0.15) is 0 Å². The maximum Gasteiger partial charge on any atom is 0.226 e. The molecule has 166 valence electrons. The first kappa shape index (κ1) is 21.6. The predicted octanol–water partition coefficient (Wildman–Crippen LogP) is 4.26. The zero-order valence-electron chi connectivity index (χ0n) is 18.2. The molecule has 2 aromatic carbocycles. The van der Waals surface area contributed by atoms with E-state index in [1.54, 1.807) is 13.3 Å². The molecule has 7 heteroatoms. The molecule has 1 fully saturated rings. The summed E-state index contributed by atoms with van der Waals surface area (Å²) in [5, 5.41) is 0. The average molecular weight is 433 g/mol. The Balaban J connectivity index is 1.56. The minimum Gasteiger partial charge on any atom is -0.497 e. The number of anilines is 1. The van der Waals surface area contributed by atoms with Crippen molar-refractivity contribution in [3.05, 3.63) is 66.5 Å². The lowest BCUT2D eigenvalue weighted by molar-refractivity contribution is -0.135. The first-order chi connectivity index (χ1) is 15.7. The van der Waals surface area contributed by atoms with Crippen molar-refractivity contribution in [1.82, 2.24) is 14.9 Å². The van der Waals surface area contributed by atoms with E-state index < -0.39 is 0 Å². The molecule has 2 N–H and O–H groups in total. The van der Waals surface area contributed by atoms with Crippen LogP contribution in [0.25, 0.3) is 11.1 Å². The highest BCUT2D eigenvalue weighted by Crippen LogP contribution is 2.37. The normalized spacial score (nSPS) is 15.9. The van der Waals surface area contributed by atoms with Crippen molar-refractivity contribution in [3.63, 3.8) is 0 Å². The number of likely N-dealkylation sites (tertiary alicyclic amines) is 1. The van der Waals surface area contributed by atoms with E-state index >= 15 is 0 Å². The Hall–Kier alpha value is -3.61. The number of nitrogens with zero attached hydrogens (tertiary/aromatic N) is 3. The van der Waals surface area contributed by atoms with E-state index in [9.17, 15) is 4.79 Å². The Kier molecular flexibility index (Phi) is 6.84. The molecule has 0 unspecified atom stereocenters. The summed E-state index contributed by atoms with van der Waals surface area (Å²) in [7, 11) is 1.64. The summed E-state index contributed by atoms with van der Waals surface area (Å²) in [4.78, 5) is 23.9. The molecular formula is C25H28N4O3. The molecule has 3 aromatic rings. The summed E-state index contributed by atoms with van der Waals surface area (Å²) in [6.45, 7) is 1.02. The van der Waals surface area contributed by atoms with Crippen LogP contribution < -0.4 is 15.2 Å². The van der Waals surface area contributed by atoms with E-state index in [-0.39, 0.29) is 17.9 Å². The van der Waals surface area contributed by atoms with Crippen molar-refractivity contribution >= 4 is 11.9 Å². The topological polar surface area (TPSA) is 90.6 Å². The van der Waals surface area contributed by atoms with Crippen LogP contribution in [0.1, 0.15) is 37.4 Å². The smallest absolute Gasteiger partial charge is 0.226 e. The Morgan fingerprint density at radius 3 is 2.75 bits per heavy atom. The second-order valence-corrected chi connectivity index (χ2v) is 7.77. The number of carbonyl (C=O) groups excluding carboxylic acids is 1. The summed E-state index contributed by atoms with van der Waals surface area (Å²) < 4.78 is 11.1. The fourth-order valence-electron chi connectivity index (χ4n) is 4.11. The fourth-order valence-corrected chi connectivity index (χ4v) is 4.11.